The number of hydrogen-bond donors (Lipinski definition) is 5. The molecule has 5 N–H and O–H groups in total. The highest BCUT2D eigenvalue weighted by molar-refractivity contribution is 6.30. The Morgan fingerprint density at radius 1 is 0.865 bits per heavy atom. The van der Waals surface area contributed by atoms with E-state index in [0.717, 1.165) is 18.8 Å². The van der Waals surface area contributed by atoms with Gasteiger partial charge in [-0.05, 0) is 61.4 Å². The molecule has 2 aromatic rings. The smallest absolute Gasteiger partial charge is 0.322 e. The van der Waals surface area contributed by atoms with Crippen LogP contribution in [0, 0.1) is 0 Å². The van der Waals surface area contributed by atoms with E-state index in [9.17, 15) is 24.6 Å². The fourth-order valence-corrected chi connectivity index (χ4v) is 4.62. The maximum atomic E-state index is 12.9. The summed E-state index contributed by atoms with van der Waals surface area (Å²) in [6, 6.07) is 12.2. The van der Waals surface area contributed by atoms with Crippen molar-refractivity contribution < 1.29 is 24.6 Å². The molecule has 2 aliphatic rings. The number of piperidine rings is 1. The van der Waals surface area contributed by atoms with Crippen LogP contribution in [0.5, 0.6) is 0 Å². The number of aliphatic hydroxyl groups is 2. The summed E-state index contributed by atoms with van der Waals surface area (Å²) in [6.07, 6.45) is 0.455. The number of Topliss-reactive ketones (excluding diaryl/α,β-unsaturated/α-hetero) is 1. The molecule has 0 spiro atoms. The maximum Gasteiger partial charge on any atom is 0.322 e. The van der Waals surface area contributed by atoms with Crippen LogP contribution in [-0.2, 0) is 9.59 Å². The summed E-state index contributed by atoms with van der Waals surface area (Å²) >= 11 is 5.88. The van der Waals surface area contributed by atoms with E-state index in [-0.39, 0.29) is 31.4 Å². The molecule has 0 aliphatic carbocycles. The Kier molecular flexibility index (Phi) is 8.99. The Morgan fingerprint density at radius 2 is 1.46 bits per heavy atom. The van der Waals surface area contributed by atoms with E-state index in [0.29, 0.717) is 35.8 Å². The molecule has 2 saturated heterocycles. The van der Waals surface area contributed by atoms with Gasteiger partial charge in [-0.15, -0.1) is 0 Å². The first-order valence-corrected chi connectivity index (χ1v) is 12.7. The summed E-state index contributed by atoms with van der Waals surface area (Å²) in [7, 11) is 0. The Labute approximate surface area is 220 Å². The fourth-order valence-electron chi connectivity index (χ4n) is 4.50. The molecule has 2 atom stereocenters. The molecule has 2 heterocycles. The number of anilines is 3. The van der Waals surface area contributed by atoms with Crippen LogP contribution in [-0.4, -0.2) is 88.7 Å². The number of hydrogen-bond acceptors (Lipinski definition) is 7. The predicted molar refractivity (Wildman–Crippen MR) is 142 cm³/mol. The van der Waals surface area contributed by atoms with Crippen LogP contribution in [0.4, 0.5) is 21.9 Å². The largest absolute Gasteiger partial charge is 0.393 e. The molecule has 198 valence electrons. The molecule has 37 heavy (non-hydrogen) atoms. The number of amides is 3. The van der Waals surface area contributed by atoms with Crippen LogP contribution in [0.2, 0.25) is 5.02 Å². The molecular formula is C26H32ClN5O5. The normalized spacial score (nSPS) is 20.5. The average Bonchev–Trinajstić information content (AvgIpc) is 3.28. The third kappa shape index (κ3) is 7.65. The van der Waals surface area contributed by atoms with Gasteiger partial charge in [-0.1, -0.05) is 11.6 Å². The zero-order valence-corrected chi connectivity index (χ0v) is 21.2. The van der Waals surface area contributed by atoms with E-state index in [2.05, 4.69) is 16.0 Å². The van der Waals surface area contributed by atoms with Gasteiger partial charge in [0, 0.05) is 48.1 Å². The number of urea groups is 1. The molecule has 0 saturated carbocycles. The first-order chi connectivity index (χ1) is 17.8. The van der Waals surface area contributed by atoms with Crippen molar-refractivity contribution in [2.75, 3.05) is 48.7 Å². The van der Waals surface area contributed by atoms with Crippen molar-refractivity contribution in [3.8, 4) is 0 Å². The number of nitrogens with one attached hydrogen (secondary N) is 3. The van der Waals surface area contributed by atoms with Crippen molar-refractivity contribution in [2.45, 2.75) is 37.5 Å². The number of likely N-dealkylation sites (tertiary alicyclic amines) is 2. The van der Waals surface area contributed by atoms with Crippen LogP contribution in [0.3, 0.4) is 0 Å². The minimum absolute atomic E-state index is 0.0480. The summed E-state index contributed by atoms with van der Waals surface area (Å²) in [6.45, 7) is 2.02. The van der Waals surface area contributed by atoms with Gasteiger partial charge in [0.1, 0.15) is 6.04 Å². The number of ketones is 1. The second kappa shape index (κ2) is 12.4. The lowest BCUT2D eigenvalue weighted by molar-refractivity contribution is -0.120. The van der Waals surface area contributed by atoms with Gasteiger partial charge in [-0.25, -0.2) is 4.79 Å². The molecule has 2 aliphatic heterocycles. The van der Waals surface area contributed by atoms with Gasteiger partial charge >= 0.3 is 6.03 Å². The van der Waals surface area contributed by atoms with E-state index in [1.807, 2.05) is 4.90 Å². The van der Waals surface area contributed by atoms with Gasteiger partial charge in [0.25, 0.3) is 0 Å². The number of benzene rings is 2. The van der Waals surface area contributed by atoms with Gasteiger partial charge in [0.2, 0.25) is 5.91 Å². The Morgan fingerprint density at radius 3 is 2.14 bits per heavy atom. The molecule has 0 unspecified atom stereocenters. The molecule has 0 aromatic heterocycles. The van der Waals surface area contributed by atoms with Crippen LogP contribution in [0.15, 0.2) is 48.5 Å². The number of carbonyl (C=O) groups excluding carboxylic acids is 3. The Bertz CT molecular complexity index is 1090. The molecular weight excluding hydrogens is 498 g/mol. The highest BCUT2D eigenvalue weighted by Gasteiger charge is 2.39. The van der Waals surface area contributed by atoms with Crippen LogP contribution in [0.25, 0.3) is 0 Å². The lowest BCUT2D eigenvalue weighted by Gasteiger charge is -2.28. The van der Waals surface area contributed by atoms with Gasteiger partial charge < -0.3 is 31.1 Å². The van der Waals surface area contributed by atoms with Crippen molar-refractivity contribution in [3.63, 3.8) is 0 Å². The SMILES string of the molecule is O=C(CNc1ccc(NC(=O)[C@H]2C[C@@H](O)CN2C(=O)Nc2ccc(Cl)cc2)cc1)CN1CCC(O)CC1. The van der Waals surface area contributed by atoms with Gasteiger partial charge in [-0.3, -0.25) is 14.5 Å². The van der Waals surface area contributed by atoms with Crippen LogP contribution >= 0.6 is 11.6 Å². The second-order valence-corrected chi connectivity index (χ2v) is 9.90. The van der Waals surface area contributed by atoms with Crippen molar-refractivity contribution in [1.82, 2.24) is 9.80 Å². The molecule has 2 fully saturated rings. The van der Waals surface area contributed by atoms with E-state index in [1.165, 1.54) is 4.90 Å². The Hall–Kier alpha value is -3.18. The highest BCUT2D eigenvalue weighted by Crippen LogP contribution is 2.23. The zero-order chi connectivity index (χ0) is 26.4. The minimum Gasteiger partial charge on any atom is -0.393 e. The maximum absolute atomic E-state index is 12.9. The summed E-state index contributed by atoms with van der Waals surface area (Å²) in [5, 5.41) is 28.9. The molecule has 0 bridgehead atoms. The van der Waals surface area contributed by atoms with E-state index in [4.69, 9.17) is 11.6 Å². The molecule has 11 heteroatoms. The predicted octanol–water partition coefficient (Wildman–Crippen LogP) is 2.38. The van der Waals surface area contributed by atoms with Crippen molar-refractivity contribution in [1.29, 1.82) is 0 Å². The van der Waals surface area contributed by atoms with Crippen molar-refractivity contribution in [3.05, 3.63) is 53.6 Å². The topological polar surface area (TPSA) is 134 Å². The summed E-state index contributed by atoms with van der Waals surface area (Å²) < 4.78 is 0. The lowest BCUT2D eigenvalue weighted by Crippen LogP contribution is -2.45. The third-order valence-corrected chi connectivity index (χ3v) is 6.79. The number of nitrogens with zero attached hydrogens (tertiary/aromatic N) is 2. The fraction of sp³-hybridized carbons (Fsp3) is 0.423. The number of aliphatic hydroxyl groups excluding tert-OH is 2. The van der Waals surface area contributed by atoms with Crippen LogP contribution in [0.1, 0.15) is 19.3 Å². The Balaban J connectivity index is 1.26. The monoisotopic (exact) mass is 529 g/mol. The van der Waals surface area contributed by atoms with E-state index >= 15 is 0 Å². The standard InChI is InChI=1S/C26H32ClN5O5/c27-17-1-3-20(4-2-17)30-26(37)32-16-22(34)13-24(32)25(36)29-19-7-5-18(6-8-19)28-14-23(35)15-31-11-9-21(33)10-12-31/h1-8,21-22,24,28,33-34H,9-16H2,(H,29,36)(H,30,37)/t22-,24-/m1/s1. The van der Waals surface area contributed by atoms with E-state index in [1.54, 1.807) is 48.5 Å². The van der Waals surface area contributed by atoms with Gasteiger partial charge in [0.05, 0.1) is 25.3 Å². The third-order valence-electron chi connectivity index (χ3n) is 6.54. The van der Waals surface area contributed by atoms with Crippen molar-refractivity contribution >= 4 is 46.4 Å². The number of β-amino-alcohol motifs (C(OH)–C–C–N with tert-alkyl or cyclic N) is 1. The quantitative estimate of drug-likeness (QED) is 0.354. The number of carbonyl (C=O) groups is 3. The van der Waals surface area contributed by atoms with Gasteiger partial charge in [-0.2, -0.15) is 0 Å². The molecule has 2 aromatic carbocycles. The van der Waals surface area contributed by atoms with E-state index < -0.39 is 24.1 Å². The zero-order valence-electron chi connectivity index (χ0n) is 20.4. The summed E-state index contributed by atoms with van der Waals surface area (Å²) in [4.78, 5) is 41.4. The first kappa shape index (κ1) is 26.9. The first-order valence-electron chi connectivity index (χ1n) is 12.3. The molecule has 0 radical (unpaired) electrons. The summed E-state index contributed by atoms with van der Waals surface area (Å²) in [5.41, 5.74) is 1.81. The van der Waals surface area contributed by atoms with Crippen molar-refractivity contribution in [2.24, 2.45) is 0 Å². The van der Waals surface area contributed by atoms with Gasteiger partial charge in [0.15, 0.2) is 5.78 Å². The number of rotatable bonds is 8. The minimum atomic E-state index is -0.825. The molecule has 4 rings (SSSR count). The highest BCUT2D eigenvalue weighted by atomic mass is 35.5. The average molecular weight is 530 g/mol. The second-order valence-electron chi connectivity index (χ2n) is 9.46. The summed E-state index contributed by atoms with van der Waals surface area (Å²) in [5.74, 6) is -0.337. The molecule has 3 amide bonds. The van der Waals surface area contributed by atoms with Crippen LogP contribution < -0.4 is 16.0 Å². The molecule has 10 nitrogen and oxygen atoms in total. The number of halogens is 1. The lowest BCUT2D eigenvalue weighted by atomic mass is 10.1.